The molecule has 1 atom stereocenters. The Balaban J connectivity index is 0.883. The van der Waals surface area contributed by atoms with E-state index in [9.17, 15) is 24.0 Å². The fraction of sp³-hybridized carbons (Fsp3) is 0.415. The fourth-order valence-corrected chi connectivity index (χ4v) is 8.83. The number of aromatic nitrogens is 2. The maximum atomic E-state index is 13.4. The molecule has 1 unspecified atom stereocenters. The number of nitrogens with zero attached hydrogens (tertiary/aromatic N) is 5. The minimum atomic E-state index is -0.979. The molecule has 0 bridgehead atoms. The number of piperidine rings is 2. The largest absolute Gasteiger partial charge is 0.496 e. The van der Waals surface area contributed by atoms with Crippen molar-refractivity contribution < 1.29 is 28.7 Å². The summed E-state index contributed by atoms with van der Waals surface area (Å²) in [6.07, 6.45) is 8.10. The van der Waals surface area contributed by atoms with Crippen LogP contribution >= 0.6 is 0 Å². The van der Waals surface area contributed by atoms with Crippen molar-refractivity contribution in [1.29, 1.82) is 0 Å². The number of pyridine rings is 2. The average Bonchev–Trinajstić information content (AvgIpc) is 3.99. The standard InChI is InChI=1S/C41H42N6O7/c1-44-19-30(27-17-32(23-4-5-23)42-18-29(27)38(44)50)24-14-34(53-2)31(35(15-24)54-3)20-45-12-10-41(11-13-45)21-46(22-41)25-6-7-26-28(16-25)40(52)47(39(26)51)33-8-9-36(48)43-37(33)49/h6-7,14-19,23,33H,4-5,8-13,20-22H2,1-3H3,(H,43,48,49). The number of fused-ring (bicyclic) bond motifs is 2. The van der Waals surface area contributed by atoms with Crippen molar-refractivity contribution in [3.8, 4) is 22.6 Å². The number of carbonyl (C=O) groups excluding carboxylic acids is 4. The topological polar surface area (TPSA) is 143 Å². The number of imide groups is 2. The van der Waals surface area contributed by atoms with Gasteiger partial charge in [0.2, 0.25) is 11.8 Å². The molecule has 6 heterocycles. The normalized spacial score (nSPS) is 21.1. The van der Waals surface area contributed by atoms with Gasteiger partial charge >= 0.3 is 0 Å². The van der Waals surface area contributed by atoms with Crippen LogP contribution in [0.4, 0.5) is 5.69 Å². The Bertz CT molecular complexity index is 2310. The quantitative estimate of drug-likeness (QED) is 0.265. The van der Waals surface area contributed by atoms with Gasteiger partial charge in [-0.2, -0.15) is 0 Å². The van der Waals surface area contributed by atoms with E-state index in [1.807, 2.05) is 24.4 Å². The Morgan fingerprint density at radius 3 is 2.22 bits per heavy atom. The number of hydrogen-bond acceptors (Lipinski definition) is 10. The number of nitrogens with one attached hydrogen (secondary N) is 1. The molecule has 4 aromatic rings. The van der Waals surface area contributed by atoms with E-state index in [1.165, 1.54) is 0 Å². The van der Waals surface area contributed by atoms with Gasteiger partial charge in [0.05, 0.1) is 36.3 Å². The maximum Gasteiger partial charge on any atom is 0.262 e. The summed E-state index contributed by atoms with van der Waals surface area (Å²) < 4.78 is 13.6. The number of carbonyl (C=O) groups is 4. The second kappa shape index (κ2) is 12.8. The first-order chi connectivity index (χ1) is 26.1. The Morgan fingerprint density at radius 1 is 0.852 bits per heavy atom. The van der Waals surface area contributed by atoms with Gasteiger partial charge in [0.15, 0.2) is 0 Å². The minimum Gasteiger partial charge on any atom is -0.496 e. The first-order valence-corrected chi connectivity index (χ1v) is 18.6. The number of likely N-dealkylation sites (tertiary alicyclic amines) is 1. The van der Waals surface area contributed by atoms with Crippen molar-refractivity contribution in [2.24, 2.45) is 12.5 Å². The Labute approximate surface area is 311 Å². The zero-order chi connectivity index (χ0) is 37.5. The highest BCUT2D eigenvalue weighted by Gasteiger charge is 2.47. The molecule has 4 fully saturated rings. The molecule has 278 valence electrons. The van der Waals surface area contributed by atoms with Gasteiger partial charge in [-0.25, -0.2) is 0 Å². The van der Waals surface area contributed by atoms with Crippen molar-refractivity contribution in [1.82, 2.24) is 24.7 Å². The molecular weight excluding hydrogens is 688 g/mol. The van der Waals surface area contributed by atoms with Crippen LogP contribution in [0.3, 0.4) is 0 Å². The van der Waals surface area contributed by atoms with E-state index in [2.05, 4.69) is 26.2 Å². The van der Waals surface area contributed by atoms with E-state index in [-0.39, 0.29) is 23.8 Å². The molecule has 54 heavy (non-hydrogen) atoms. The van der Waals surface area contributed by atoms with Gasteiger partial charge in [-0.05, 0) is 92.5 Å². The van der Waals surface area contributed by atoms with E-state index in [0.29, 0.717) is 29.0 Å². The van der Waals surface area contributed by atoms with Gasteiger partial charge in [-0.3, -0.25) is 44.1 Å². The molecule has 5 aliphatic rings. The van der Waals surface area contributed by atoms with Gasteiger partial charge in [-0.1, -0.05) is 0 Å². The van der Waals surface area contributed by atoms with Crippen LogP contribution in [0.1, 0.15) is 76.4 Å². The van der Waals surface area contributed by atoms with E-state index < -0.39 is 29.7 Å². The Morgan fingerprint density at radius 2 is 1.56 bits per heavy atom. The van der Waals surface area contributed by atoms with E-state index in [1.54, 1.807) is 44.2 Å². The third kappa shape index (κ3) is 5.64. The van der Waals surface area contributed by atoms with Crippen molar-refractivity contribution in [3.63, 3.8) is 0 Å². The molecule has 4 aliphatic heterocycles. The van der Waals surface area contributed by atoms with E-state index in [4.69, 9.17) is 9.47 Å². The Hall–Kier alpha value is -5.56. The summed E-state index contributed by atoms with van der Waals surface area (Å²) in [6.45, 7) is 4.18. The number of benzene rings is 2. The summed E-state index contributed by atoms with van der Waals surface area (Å²) in [5, 5.41) is 3.72. The summed E-state index contributed by atoms with van der Waals surface area (Å²) in [4.78, 5) is 74.0. The minimum absolute atomic E-state index is 0.0751. The molecule has 1 spiro atoms. The molecule has 1 saturated carbocycles. The number of hydrogen-bond donors (Lipinski definition) is 1. The second-order valence-electron chi connectivity index (χ2n) is 15.6. The van der Waals surface area contributed by atoms with E-state index in [0.717, 1.165) is 102 Å². The first-order valence-electron chi connectivity index (χ1n) is 18.6. The lowest BCUT2D eigenvalue weighted by molar-refractivity contribution is -0.136. The number of anilines is 1. The number of amides is 4. The zero-order valence-corrected chi connectivity index (χ0v) is 30.6. The molecule has 1 aliphatic carbocycles. The van der Waals surface area contributed by atoms with Crippen molar-refractivity contribution in [3.05, 3.63) is 81.5 Å². The molecule has 1 N–H and O–H groups in total. The molecule has 13 nitrogen and oxygen atoms in total. The third-order valence-electron chi connectivity index (χ3n) is 12.1. The van der Waals surface area contributed by atoms with Gasteiger partial charge in [-0.15, -0.1) is 0 Å². The molecule has 2 aromatic carbocycles. The average molecular weight is 731 g/mol. The second-order valence-corrected chi connectivity index (χ2v) is 15.6. The highest BCUT2D eigenvalue weighted by molar-refractivity contribution is 6.23. The van der Waals surface area contributed by atoms with Gasteiger partial charge in [0.1, 0.15) is 17.5 Å². The first kappa shape index (κ1) is 34.2. The summed E-state index contributed by atoms with van der Waals surface area (Å²) >= 11 is 0. The fourth-order valence-electron chi connectivity index (χ4n) is 8.83. The monoisotopic (exact) mass is 730 g/mol. The number of aryl methyl sites for hydroxylation is 1. The molecule has 0 radical (unpaired) electrons. The van der Waals surface area contributed by atoms with Crippen molar-refractivity contribution in [2.45, 2.75) is 57.0 Å². The molecule has 3 saturated heterocycles. The van der Waals surface area contributed by atoms with Crippen LogP contribution in [-0.4, -0.2) is 89.4 Å². The zero-order valence-electron chi connectivity index (χ0n) is 30.6. The summed E-state index contributed by atoms with van der Waals surface area (Å²) in [5.41, 5.74) is 5.41. The van der Waals surface area contributed by atoms with Crippen LogP contribution in [-0.2, 0) is 23.2 Å². The lowest BCUT2D eigenvalue weighted by atomic mass is 9.71. The smallest absolute Gasteiger partial charge is 0.262 e. The molecule has 2 aromatic heterocycles. The SMILES string of the molecule is COc1cc(-c2cn(C)c(=O)c3cnc(C4CC4)cc23)cc(OC)c1CN1CCC2(CC1)CN(c1ccc3c(c1)C(=O)N(C1CCC(=O)NC1=O)C3=O)C2. The van der Waals surface area contributed by atoms with E-state index >= 15 is 0 Å². The maximum absolute atomic E-state index is 13.4. The lowest BCUT2D eigenvalue weighted by Crippen LogP contribution is -2.60. The predicted octanol–water partition coefficient (Wildman–Crippen LogP) is 4.00. The number of methoxy groups -OCH3 is 2. The summed E-state index contributed by atoms with van der Waals surface area (Å²) in [7, 11) is 5.12. The third-order valence-corrected chi connectivity index (χ3v) is 12.1. The van der Waals surface area contributed by atoms with Crippen LogP contribution in [0.25, 0.3) is 21.9 Å². The molecular formula is C41H42N6O7. The van der Waals surface area contributed by atoms with Crippen LogP contribution in [0.5, 0.6) is 11.5 Å². The van der Waals surface area contributed by atoms with Crippen molar-refractivity contribution in [2.75, 3.05) is 45.3 Å². The Kier molecular flexibility index (Phi) is 8.11. The van der Waals surface area contributed by atoms with Crippen LogP contribution in [0, 0.1) is 5.41 Å². The highest BCUT2D eigenvalue weighted by Crippen LogP contribution is 2.45. The summed E-state index contributed by atoms with van der Waals surface area (Å²) in [6, 6.07) is 10.5. The van der Waals surface area contributed by atoms with Crippen molar-refractivity contribution >= 4 is 40.1 Å². The summed E-state index contributed by atoms with van der Waals surface area (Å²) in [5.74, 6) is -0.0581. The van der Waals surface area contributed by atoms with Gasteiger partial charge < -0.3 is 18.9 Å². The van der Waals surface area contributed by atoms with Crippen LogP contribution < -0.4 is 25.2 Å². The molecule has 13 heteroatoms. The molecule has 9 rings (SSSR count). The number of ether oxygens (including phenoxy) is 2. The lowest BCUT2D eigenvalue weighted by Gasteiger charge is -2.55. The molecule has 4 amide bonds. The van der Waals surface area contributed by atoms with Crippen LogP contribution in [0.15, 0.2) is 53.6 Å². The van der Waals surface area contributed by atoms with Crippen LogP contribution in [0.2, 0.25) is 0 Å². The number of rotatable bonds is 8. The predicted molar refractivity (Wildman–Crippen MR) is 200 cm³/mol. The van der Waals surface area contributed by atoms with Gasteiger partial charge in [0.25, 0.3) is 17.4 Å². The van der Waals surface area contributed by atoms with Gasteiger partial charge in [0, 0.05) is 73.8 Å². The highest BCUT2D eigenvalue weighted by atomic mass is 16.5.